The van der Waals surface area contributed by atoms with E-state index in [9.17, 15) is 31.1 Å². The number of halogens is 6. The van der Waals surface area contributed by atoms with Crippen LogP contribution >= 0.6 is 0 Å². The summed E-state index contributed by atoms with van der Waals surface area (Å²) in [4.78, 5) is 15.5. The van der Waals surface area contributed by atoms with E-state index in [2.05, 4.69) is 10.6 Å². The fraction of sp³-hybridized carbons (Fsp3) is 0.382. The van der Waals surface area contributed by atoms with Crippen LogP contribution in [0.2, 0.25) is 0 Å². The van der Waals surface area contributed by atoms with Crippen molar-refractivity contribution < 1.29 is 35.9 Å². The van der Waals surface area contributed by atoms with Crippen molar-refractivity contribution in [1.29, 1.82) is 0 Å². The van der Waals surface area contributed by atoms with Gasteiger partial charge in [0.15, 0.2) is 17.4 Å². The van der Waals surface area contributed by atoms with E-state index in [1.165, 1.54) is 6.07 Å². The lowest BCUT2D eigenvalue weighted by Gasteiger charge is -2.47. The Morgan fingerprint density at radius 2 is 1.73 bits per heavy atom. The number of carbonyl (C=O) groups excluding carboxylic acids is 1. The molecule has 1 amide bonds. The molecule has 45 heavy (non-hydrogen) atoms. The monoisotopic (exact) mass is 629 g/mol. The average Bonchev–Trinajstić information content (AvgIpc) is 3.87. The molecule has 1 saturated heterocycles. The van der Waals surface area contributed by atoms with E-state index >= 15 is 0 Å². The Labute approximate surface area is 257 Å². The van der Waals surface area contributed by atoms with Gasteiger partial charge in [-0.25, -0.2) is 8.78 Å². The lowest BCUT2D eigenvalue weighted by molar-refractivity contribution is -0.137. The molecule has 2 fully saturated rings. The van der Waals surface area contributed by atoms with Crippen LogP contribution in [0.5, 0.6) is 5.75 Å². The molecule has 3 aliphatic rings. The Bertz CT molecular complexity index is 1590. The molecule has 6 rings (SSSR count). The van der Waals surface area contributed by atoms with Gasteiger partial charge in [0.05, 0.1) is 23.8 Å². The SMILES string of the molecule is O=C(C1=CCC2(c3ccc(CCCOc4c(F)ccc(F)c4F)cc3)CNCC1N2)N(Cc1cccc(C(F)(F)F)c1)C1CC1. The van der Waals surface area contributed by atoms with Crippen LogP contribution in [0, 0.1) is 17.5 Å². The maximum atomic E-state index is 13.8. The number of benzene rings is 3. The molecule has 2 unspecified atom stereocenters. The van der Waals surface area contributed by atoms with Crippen LogP contribution in [0.15, 0.2) is 72.3 Å². The second-order valence-electron chi connectivity index (χ2n) is 12.0. The summed E-state index contributed by atoms with van der Waals surface area (Å²) >= 11 is 0. The molecule has 3 aromatic rings. The van der Waals surface area contributed by atoms with Crippen molar-refractivity contribution in [2.75, 3.05) is 19.7 Å². The molecule has 0 aromatic heterocycles. The first kappa shape index (κ1) is 31.2. The summed E-state index contributed by atoms with van der Waals surface area (Å²) in [6.07, 6.45) is 0.787. The normalized spacial score (nSPS) is 21.3. The molecule has 2 atom stereocenters. The number of ether oxygens (including phenoxy) is 1. The molecule has 3 aromatic carbocycles. The van der Waals surface area contributed by atoms with Gasteiger partial charge in [0.1, 0.15) is 0 Å². The molecule has 0 spiro atoms. The van der Waals surface area contributed by atoms with Crippen molar-refractivity contribution in [2.45, 2.75) is 62.4 Å². The summed E-state index contributed by atoms with van der Waals surface area (Å²) < 4.78 is 86.0. The van der Waals surface area contributed by atoms with E-state index < -0.39 is 40.5 Å². The smallest absolute Gasteiger partial charge is 0.416 e. The number of nitrogens with one attached hydrogen (secondary N) is 2. The standard InChI is InChI=1S/C34H33F6N3O2/c35-27-12-13-28(36)31(30(27)37)45-16-2-4-21-6-8-23(9-7-21)33-15-14-26(29(42-33)18-41-20-33)32(44)43(25-10-11-25)19-22-3-1-5-24(17-22)34(38,39)40/h1,3,5-9,12-14,17,25,29,41-42H,2,4,10-11,15-16,18-20H2. The molecule has 11 heteroatoms. The lowest BCUT2D eigenvalue weighted by atomic mass is 9.78. The highest BCUT2D eigenvalue weighted by Crippen LogP contribution is 2.37. The fourth-order valence-electron chi connectivity index (χ4n) is 6.19. The topological polar surface area (TPSA) is 53.6 Å². The van der Waals surface area contributed by atoms with Crippen molar-refractivity contribution >= 4 is 5.91 Å². The third kappa shape index (κ3) is 6.74. The average molecular weight is 630 g/mol. The maximum absolute atomic E-state index is 13.8. The third-order valence-corrected chi connectivity index (χ3v) is 8.74. The van der Waals surface area contributed by atoms with Crippen molar-refractivity contribution in [3.05, 3.63) is 112 Å². The van der Waals surface area contributed by atoms with Crippen molar-refractivity contribution in [1.82, 2.24) is 15.5 Å². The summed E-state index contributed by atoms with van der Waals surface area (Å²) in [6, 6.07) is 14.4. The van der Waals surface area contributed by atoms with Gasteiger partial charge in [-0.05, 0) is 73.1 Å². The second-order valence-corrected chi connectivity index (χ2v) is 12.0. The summed E-state index contributed by atoms with van der Waals surface area (Å²) in [5.41, 5.74) is 1.94. The Morgan fingerprint density at radius 3 is 2.47 bits per heavy atom. The van der Waals surface area contributed by atoms with Crippen LogP contribution < -0.4 is 15.4 Å². The number of amides is 1. The largest absolute Gasteiger partial charge is 0.488 e. The Kier molecular flexibility index (Phi) is 8.67. The number of rotatable bonds is 10. The minimum atomic E-state index is -4.45. The maximum Gasteiger partial charge on any atom is 0.416 e. The summed E-state index contributed by atoms with van der Waals surface area (Å²) in [6.45, 7) is 1.33. The highest BCUT2D eigenvalue weighted by atomic mass is 19.4. The van der Waals surface area contributed by atoms with Crippen molar-refractivity contribution in [2.24, 2.45) is 0 Å². The minimum absolute atomic E-state index is 0.0148. The van der Waals surface area contributed by atoms with Gasteiger partial charge in [0.2, 0.25) is 5.82 Å². The third-order valence-electron chi connectivity index (χ3n) is 8.74. The molecule has 238 valence electrons. The summed E-state index contributed by atoms with van der Waals surface area (Å²) in [5.74, 6) is -4.33. The van der Waals surface area contributed by atoms with Crippen LogP contribution in [0.4, 0.5) is 26.3 Å². The predicted octanol–water partition coefficient (Wildman–Crippen LogP) is 6.41. The van der Waals surface area contributed by atoms with Gasteiger partial charge in [-0.2, -0.15) is 17.6 Å². The molecule has 5 nitrogen and oxygen atoms in total. The zero-order valence-corrected chi connectivity index (χ0v) is 24.4. The Hall–Kier alpha value is -3.83. The molecule has 2 bridgehead atoms. The quantitative estimate of drug-likeness (QED) is 0.155. The molecule has 1 aliphatic carbocycles. The molecular formula is C34H33F6N3O2. The number of piperazine rings is 1. The number of hydrogen-bond acceptors (Lipinski definition) is 4. The van der Waals surface area contributed by atoms with Gasteiger partial charge in [-0.3, -0.25) is 10.1 Å². The van der Waals surface area contributed by atoms with Gasteiger partial charge >= 0.3 is 6.18 Å². The zero-order chi connectivity index (χ0) is 31.8. The summed E-state index contributed by atoms with van der Waals surface area (Å²) in [5, 5.41) is 7.13. The van der Waals surface area contributed by atoms with Crippen LogP contribution in [-0.4, -0.2) is 42.6 Å². The van der Waals surface area contributed by atoms with Gasteiger partial charge in [-0.1, -0.05) is 42.5 Å². The molecule has 2 heterocycles. The number of carbonyl (C=O) groups is 1. The first-order chi connectivity index (χ1) is 21.5. The van der Waals surface area contributed by atoms with Gasteiger partial charge in [0, 0.05) is 31.2 Å². The van der Waals surface area contributed by atoms with E-state index in [-0.39, 0.29) is 31.1 Å². The zero-order valence-electron chi connectivity index (χ0n) is 24.4. The van der Waals surface area contributed by atoms with Crippen molar-refractivity contribution in [3.8, 4) is 5.75 Å². The Balaban J connectivity index is 1.10. The molecule has 1 saturated carbocycles. The first-order valence-corrected chi connectivity index (χ1v) is 15.1. The van der Waals surface area contributed by atoms with Crippen LogP contribution in [0.1, 0.15) is 47.9 Å². The summed E-state index contributed by atoms with van der Waals surface area (Å²) in [7, 11) is 0. The van der Waals surface area contributed by atoms with Gasteiger partial charge < -0.3 is 15.0 Å². The van der Waals surface area contributed by atoms with Gasteiger partial charge in [-0.15, -0.1) is 0 Å². The van der Waals surface area contributed by atoms with Crippen LogP contribution in [-0.2, 0) is 29.5 Å². The van der Waals surface area contributed by atoms with Crippen LogP contribution in [0.3, 0.4) is 0 Å². The number of hydrogen-bond donors (Lipinski definition) is 2. The second kappa shape index (κ2) is 12.5. The highest BCUT2D eigenvalue weighted by molar-refractivity contribution is 5.95. The number of alkyl halides is 3. The minimum Gasteiger partial charge on any atom is -0.488 e. The lowest BCUT2D eigenvalue weighted by Crippen LogP contribution is -2.65. The van der Waals surface area contributed by atoms with E-state index in [0.717, 1.165) is 42.2 Å². The molecule has 2 aliphatic heterocycles. The fourth-order valence-corrected chi connectivity index (χ4v) is 6.19. The molecule has 2 N–H and O–H groups in total. The van der Waals surface area contributed by atoms with E-state index in [4.69, 9.17) is 4.74 Å². The van der Waals surface area contributed by atoms with Gasteiger partial charge in [0.25, 0.3) is 5.91 Å². The van der Waals surface area contributed by atoms with E-state index in [0.29, 0.717) is 49.6 Å². The number of aryl methyl sites for hydroxylation is 1. The van der Waals surface area contributed by atoms with E-state index in [1.54, 1.807) is 11.0 Å². The molecule has 0 radical (unpaired) electrons. The highest BCUT2D eigenvalue weighted by Gasteiger charge is 2.44. The number of nitrogens with zero attached hydrogens (tertiary/aromatic N) is 1. The van der Waals surface area contributed by atoms with Crippen LogP contribution in [0.25, 0.3) is 0 Å². The predicted molar refractivity (Wildman–Crippen MR) is 156 cm³/mol. The van der Waals surface area contributed by atoms with E-state index in [1.807, 2.05) is 30.3 Å². The Morgan fingerprint density at radius 1 is 0.978 bits per heavy atom. The first-order valence-electron chi connectivity index (χ1n) is 15.1. The van der Waals surface area contributed by atoms with Crippen molar-refractivity contribution in [3.63, 3.8) is 0 Å². The number of fused-ring (bicyclic) bond motifs is 2. The molecular weight excluding hydrogens is 596 g/mol.